The van der Waals surface area contributed by atoms with Gasteiger partial charge in [0.05, 0.1) is 12.8 Å². The summed E-state index contributed by atoms with van der Waals surface area (Å²) in [6, 6.07) is 2.94. The molecule has 0 aliphatic heterocycles. The molecule has 6 nitrogen and oxygen atoms in total. The molecule has 0 fully saturated rings. The minimum atomic E-state index is -4.27. The van der Waals surface area contributed by atoms with Crippen molar-refractivity contribution in [1.29, 1.82) is 0 Å². The number of hydrogen-bond donors (Lipinski definition) is 3. The van der Waals surface area contributed by atoms with E-state index >= 15 is 0 Å². The molecular weight excluding hydrogens is 280 g/mol. The smallest absolute Gasteiger partial charge is 0.279 e. The Bertz CT molecular complexity index is 680. The largest absolute Gasteiger partial charge is 0.392 e. The van der Waals surface area contributed by atoms with Crippen molar-refractivity contribution in [1.82, 2.24) is 10.2 Å². The predicted octanol–water partition coefficient (Wildman–Crippen LogP) is 0.981. The van der Waals surface area contributed by atoms with Crippen LogP contribution in [0, 0.1) is 11.6 Å². The van der Waals surface area contributed by atoms with Crippen LogP contribution in [0.2, 0.25) is 0 Å². The van der Waals surface area contributed by atoms with E-state index in [-0.39, 0.29) is 5.56 Å². The van der Waals surface area contributed by atoms with Gasteiger partial charge in [-0.15, -0.1) is 0 Å². The summed E-state index contributed by atoms with van der Waals surface area (Å²) in [4.78, 5) is 0. The molecule has 2 aromatic rings. The molecule has 0 amide bonds. The zero-order valence-electron chi connectivity index (χ0n) is 9.39. The van der Waals surface area contributed by atoms with Crippen molar-refractivity contribution in [3.8, 4) is 0 Å². The summed E-state index contributed by atoms with van der Waals surface area (Å²) in [6.45, 7) is -0.577. The number of halogens is 2. The highest BCUT2D eigenvalue weighted by Crippen LogP contribution is 2.22. The van der Waals surface area contributed by atoms with E-state index in [1.807, 2.05) is 0 Å². The van der Waals surface area contributed by atoms with E-state index in [4.69, 9.17) is 5.11 Å². The van der Waals surface area contributed by atoms with Crippen LogP contribution in [0.15, 0.2) is 29.4 Å². The number of para-hydroxylation sites is 1. The highest BCUT2D eigenvalue weighted by molar-refractivity contribution is 7.92. The second-order valence-electron chi connectivity index (χ2n) is 3.58. The third-order valence-corrected chi connectivity index (χ3v) is 3.68. The summed E-state index contributed by atoms with van der Waals surface area (Å²) in [5.41, 5.74) is -0.801. The molecule has 102 valence electrons. The third kappa shape index (κ3) is 2.56. The molecule has 0 bridgehead atoms. The monoisotopic (exact) mass is 289 g/mol. The zero-order valence-corrected chi connectivity index (χ0v) is 10.2. The zero-order chi connectivity index (χ0) is 14.0. The molecule has 0 saturated heterocycles. The highest BCUT2D eigenvalue weighted by Gasteiger charge is 2.23. The summed E-state index contributed by atoms with van der Waals surface area (Å²) in [7, 11) is -4.27. The highest BCUT2D eigenvalue weighted by atomic mass is 32.2. The number of aromatic nitrogens is 2. The van der Waals surface area contributed by atoms with E-state index in [0.29, 0.717) is 0 Å². The number of nitrogens with zero attached hydrogens (tertiary/aromatic N) is 1. The number of sulfonamides is 1. The summed E-state index contributed by atoms with van der Waals surface area (Å²) >= 11 is 0. The number of aliphatic hydroxyl groups is 1. The Labute approximate surface area is 107 Å². The van der Waals surface area contributed by atoms with Gasteiger partial charge in [0, 0.05) is 5.56 Å². The molecule has 0 atom stereocenters. The van der Waals surface area contributed by atoms with E-state index in [0.717, 1.165) is 24.4 Å². The molecule has 0 unspecified atom stereocenters. The third-order valence-electron chi connectivity index (χ3n) is 2.32. The van der Waals surface area contributed by atoms with Gasteiger partial charge >= 0.3 is 0 Å². The molecule has 1 aromatic carbocycles. The number of rotatable bonds is 4. The lowest BCUT2D eigenvalue weighted by Crippen LogP contribution is -2.17. The quantitative estimate of drug-likeness (QED) is 0.782. The molecule has 0 aliphatic carbocycles. The van der Waals surface area contributed by atoms with E-state index in [9.17, 15) is 17.2 Å². The molecule has 3 N–H and O–H groups in total. The molecule has 1 aromatic heterocycles. The molecule has 0 saturated carbocycles. The number of aromatic amines is 1. The summed E-state index contributed by atoms with van der Waals surface area (Å²) < 4.78 is 52.3. The van der Waals surface area contributed by atoms with Crippen molar-refractivity contribution in [2.45, 2.75) is 11.6 Å². The van der Waals surface area contributed by atoms with Crippen molar-refractivity contribution in [2.24, 2.45) is 0 Å². The van der Waals surface area contributed by atoms with Crippen molar-refractivity contribution < 1.29 is 22.3 Å². The Kier molecular flexibility index (Phi) is 3.49. The van der Waals surface area contributed by atoms with Crippen LogP contribution in [0.4, 0.5) is 14.5 Å². The van der Waals surface area contributed by atoms with Crippen molar-refractivity contribution in [3.05, 3.63) is 41.6 Å². The molecular formula is C10H9F2N3O3S. The summed E-state index contributed by atoms with van der Waals surface area (Å²) in [6.07, 6.45) is 1.10. The van der Waals surface area contributed by atoms with Gasteiger partial charge in [-0.05, 0) is 12.1 Å². The van der Waals surface area contributed by atoms with Gasteiger partial charge in [-0.25, -0.2) is 8.78 Å². The van der Waals surface area contributed by atoms with E-state index in [2.05, 4.69) is 10.2 Å². The first-order chi connectivity index (χ1) is 8.95. The number of H-pyrrole nitrogens is 1. The Morgan fingerprint density at radius 1 is 1.32 bits per heavy atom. The molecule has 0 radical (unpaired) electrons. The fraction of sp³-hybridized carbons (Fsp3) is 0.100. The molecule has 1 heterocycles. The topological polar surface area (TPSA) is 95.1 Å². The fourth-order valence-electron chi connectivity index (χ4n) is 1.43. The lowest BCUT2D eigenvalue weighted by molar-refractivity contribution is 0.278. The van der Waals surface area contributed by atoms with E-state index in [1.165, 1.54) is 0 Å². The number of aliphatic hydroxyl groups excluding tert-OH is 1. The maximum atomic E-state index is 13.4. The normalized spacial score (nSPS) is 11.5. The molecule has 0 spiro atoms. The van der Waals surface area contributed by atoms with Gasteiger partial charge in [0.2, 0.25) is 0 Å². The first-order valence-corrected chi connectivity index (χ1v) is 6.54. The number of benzene rings is 1. The maximum absolute atomic E-state index is 13.4. The van der Waals surface area contributed by atoms with Crippen LogP contribution in [0.5, 0.6) is 0 Å². The van der Waals surface area contributed by atoms with Crippen molar-refractivity contribution in [3.63, 3.8) is 0 Å². The number of hydrogen-bond acceptors (Lipinski definition) is 4. The van der Waals surface area contributed by atoms with Gasteiger partial charge in [-0.3, -0.25) is 9.82 Å². The Hall–Kier alpha value is -2.00. The van der Waals surface area contributed by atoms with Crippen LogP contribution < -0.4 is 4.72 Å². The minimum absolute atomic E-state index is 0.00996. The summed E-state index contributed by atoms with van der Waals surface area (Å²) in [5, 5.41) is 14.1. The first kappa shape index (κ1) is 13.4. The molecule has 19 heavy (non-hydrogen) atoms. The predicted molar refractivity (Wildman–Crippen MR) is 61.7 cm³/mol. The van der Waals surface area contributed by atoms with Crippen molar-refractivity contribution >= 4 is 15.7 Å². The van der Waals surface area contributed by atoms with Crippen LogP contribution in [0.1, 0.15) is 5.56 Å². The minimum Gasteiger partial charge on any atom is -0.392 e. The molecule has 2 rings (SSSR count). The Morgan fingerprint density at radius 3 is 2.53 bits per heavy atom. The number of anilines is 1. The van der Waals surface area contributed by atoms with Crippen LogP contribution >= 0.6 is 0 Å². The Morgan fingerprint density at radius 2 is 1.95 bits per heavy atom. The second kappa shape index (κ2) is 4.94. The lowest BCUT2D eigenvalue weighted by atomic mass is 10.3. The molecule has 0 aliphatic rings. The fourth-order valence-corrected chi connectivity index (χ4v) is 2.63. The first-order valence-electron chi connectivity index (χ1n) is 5.05. The van der Waals surface area contributed by atoms with Gasteiger partial charge in [-0.2, -0.15) is 13.5 Å². The Balaban J connectivity index is 2.43. The number of nitrogens with one attached hydrogen (secondary N) is 2. The second-order valence-corrected chi connectivity index (χ2v) is 5.20. The van der Waals surface area contributed by atoms with Crippen LogP contribution in [0.3, 0.4) is 0 Å². The van der Waals surface area contributed by atoms with Crippen molar-refractivity contribution in [2.75, 3.05) is 4.72 Å². The van der Waals surface area contributed by atoms with Gasteiger partial charge in [0.15, 0.2) is 5.03 Å². The maximum Gasteiger partial charge on any atom is 0.279 e. The standard InChI is InChI=1S/C10H9F2N3O3S/c11-7-2-1-3-8(12)9(7)15-19(17,18)10-6(5-16)4-13-14-10/h1-4,15-16H,5H2,(H,13,14). The van der Waals surface area contributed by atoms with E-state index < -0.39 is 39.0 Å². The van der Waals surface area contributed by atoms with Crippen LogP contribution in [0.25, 0.3) is 0 Å². The lowest BCUT2D eigenvalue weighted by Gasteiger charge is -2.09. The van der Waals surface area contributed by atoms with Gasteiger partial charge in [0.1, 0.15) is 17.3 Å². The van der Waals surface area contributed by atoms with E-state index in [1.54, 1.807) is 4.72 Å². The SMILES string of the molecule is O=S(=O)(Nc1c(F)cccc1F)c1[nH]ncc1CO. The van der Waals surface area contributed by atoms with Crippen LogP contribution in [-0.2, 0) is 16.6 Å². The average molecular weight is 289 g/mol. The summed E-state index contributed by atoms with van der Waals surface area (Å²) in [5.74, 6) is -2.10. The van der Waals surface area contributed by atoms with Gasteiger partial charge in [0.25, 0.3) is 10.0 Å². The van der Waals surface area contributed by atoms with Gasteiger partial charge in [-0.1, -0.05) is 6.07 Å². The van der Waals surface area contributed by atoms with Gasteiger partial charge < -0.3 is 5.11 Å². The average Bonchev–Trinajstić information content (AvgIpc) is 2.83. The van der Waals surface area contributed by atoms with Crippen LogP contribution in [-0.4, -0.2) is 23.7 Å². The molecule has 9 heteroatoms.